The highest BCUT2D eigenvalue weighted by Gasteiger charge is 2.22. The van der Waals surface area contributed by atoms with Gasteiger partial charge in [0.2, 0.25) is 0 Å². The van der Waals surface area contributed by atoms with Crippen LogP contribution in [0, 0.1) is 5.92 Å². The second-order valence-electron chi connectivity index (χ2n) is 7.26. The molecule has 0 aliphatic carbocycles. The summed E-state index contributed by atoms with van der Waals surface area (Å²) in [5.74, 6) is -0.376. The smallest absolute Gasteiger partial charge is 0.468 e. The Labute approximate surface area is 197 Å². The van der Waals surface area contributed by atoms with E-state index in [2.05, 4.69) is 14.8 Å². The van der Waals surface area contributed by atoms with E-state index < -0.39 is 30.5 Å². The van der Waals surface area contributed by atoms with Gasteiger partial charge in [-0.05, 0) is 36.5 Å². The van der Waals surface area contributed by atoms with Crippen molar-refractivity contribution in [3.05, 3.63) is 23.8 Å². The van der Waals surface area contributed by atoms with Crippen molar-refractivity contribution in [2.75, 3.05) is 41.1 Å². The number of carbonyl (C=O) groups excluding carboxylic acids is 4. The summed E-state index contributed by atoms with van der Waals surface area (Å²) in [6, 6.07) is 3.51. The molecule has 0 amide bonds. The summed E-state index contributed by atoms with van der Waals surface area (Å²) < 4.78 is 33.6. The third-order valence-corrected chi connectivity index (χ3v) is 4.28. The van der Waals surface area contributed by atoms with Gasteiger partial charge < -0.3 is 38.5 Å². The van der Waals surface area contributed by atoms with E-state index in [1.807, 2.05) is 13.8 Å². The predicted molar refractivity (Wildman–Crippen MR) is 117 cm³/mol. The monoisotopic (exact) mass is 485 g/mol. The summed E-state index contributed by atoms with van der Waals surface area (Å²) in [5, 5.41) is 2.93. The molecular formula is C22H31NO11. The Morgan fingerprint density at radius 3 is 2.03 bits per heavy atom. The SMILES string of the molecule is COC(=O)Oc1ccc(C[C@H](NCCOC(=O)OCCC(C)C)C(=O)OC)cc1OC(=O)OC. The Bertz CT molecular complexity index is 825. The maximum Gasteiger partial charge on any atom is 0.513 e. The molecule has 0 heterocycles. The van der Waals surface area contributed by atoms with Crippen molar-refractivity contribution in [2.24, 2.45) is 5.92 Å². The number of hydrogen-bond acceptors (Lipinski definition) is 12. The maximum atomic E-state index is 12.2. The van der Waals surface area contributed by atoms with E-state index in [1.165, 1.54) is 19.2 Å². The van der Waals surface area contributed by atoms with Crippen LogP contribution in [-0.2, 0) is 34.9 Å². The van der Waals surface area contributed by atoms with E-state index >= 15 is 0 Å². The van der Waals surface area contributed by atoms with Gasteiger partial charge in [-0.25, -0.2) is 14.4 Å². The van der Waals surface area contributed by atoms with E-state index in [1.54, 1.807) is 6.07 Å². The van der Waals surface area contributed by atoms with Crippen molar-refractivity contribution in [2.45, 2.75) is 32.7 Å². The van der Waals surface area contributed by atoms with Gasteiger partial charge in [-0.15, -0.1) is 0 Å². The fourth-order valence-corrected chi connectivity index (χ4v) is 2.51. The minimum absolute atomic E-state index is 0.0311. The zero-order valence-electron chi connectivity index (χ0n) is 19.9. The molecule has 0 aromatic heterocycles. The van der Waals surface area contributed by atoms with Crippen LogP contribution in [0.3, 0.4) is 0 Å². The molecular weight excluding hydrogens is 454 g/mol. The van der Waals surface area contributed by atoms with Gasteiger partial charge in [0.05, 0.1) is 27.9 Å². The maximum absolute atomic E-state index is 12.2. The van der Waals surface area contributed by atoms with E-state index in [0.717, 1.165) is 20.6 Å². The zero-order valence-corrected chi connectivity index (χ0v) is 19.9. The number of hydrogen-bond donors (Lipinski definition) is 1. The molecule has 1 atom stereocenters. The Morgan fingerprint density at radius 2 is 1.44 bits per heavy atom. The molecule has 1 aromatic rings. The Balaban J connectivity index is 2.78. The highest BCUT2D eigenvalue weighted by atomic mass is 16.7. The van der Waals surface area contributed by atoms with Gasteiger partial charge >= 0.3 is 24.4 Å². The third-order valence-electron chi connectivity index (χ3n) is 4.28. The first-order valence-electron chi connectivity index (χ1n) is 10.4. The van der Waals surface area contributed by atoms with E-state index in [0.29, 0.717) is 11.5 Å². The third kappa shape index (κ3) is 10.9. The number of ether oxygens (including phenoxy) is 7. The van der Waals surface area contributed by atoms with Crippen LogP contribution in [-0.4, -0.2) is 71.6 Å². The lowest BCUT2D eigenvalue weighted by Gasteiger charge is -2.17. The van der Waals surface area contributed by atoms with Crippen molar-refractivity contribution < 1.29 is 52.3 Å². The molecule has 0 bridgehead atoms. The van der Waals surface area contributed by atoms with Crippen LogP contribution in [0.4, 0.5) is 14.4 Å². The van der Waals surface area contributed by atoms with Gasteiger partial charge in [-0.1, -0.05) is 19.9 Å². The van der Waals surface area contributed by atoms with Gasteiger partial charge in [0, 0.05) is 6.54 Å². The molecule has 190 valence electrons. The van der Waals surface area contributed by atoms with E-state index in [-0.39, 0.29) is 37.7 Å². The van der Waals surface area contributed by atoms with Crippen LogP contribution < -0.4 is 14.8 Å². The second kappa shape index (κ2) is 15.3. The molecule has 34 heavy (non-hydrogen) atoms. The summed E-state index contributed by atoms with van der Waals surface area (Å²) >= 11 is 0. The van der Waals surface area contributed by atoms with Gasteiger partial charge in [-0.3, -0.25) is 4.79 Å². The standard InChI is InChI=1S/C22H31NO11/c1-14(2)8-10-31-22(27)32-11-9-23-16(19(24)28-3)12-15-6-7-17(33-20(25)29-4)18(13-15)34-21(26)30-5/h6-7,13-14,16,23H,8-12H2,1-5H3/t16-/m0/s1. The molecule has 1 N–H and O–H groups in total. The molecule has 1 rings (SSSR count). The lowest BCUT2D eigenvalue weighted by atomic mass is 10.1. The number of carbonyl (C=O) groups is 4. The average molecular weight is 485 g/mol. The summed E-state index contributed by atoms with van der Waals surface area (Å²) in [7, 11) is 3.48. The quantitative estimate of drug-likeness (QED) is 0.201. The molecule has 0 aliphatic heterocycles. The summed E-state index contributed by atoms with van der Waals surface area (Å²) in [6.45, 7) is 4.40. The largest absolute Gasteiger partial charge is 0.513 e. The molecule has 0 aliphatic rings. The van der Waals surface area contributed by atoms with Crippen LogP contribution in [0.25, 0.3) is 0 Å². The number of rotatable bonds is 12. The van der Waals surface area contributed by atoms with Crippen molar-refractivity contribution in [3.63, 3.8) is 0 Å². The van der Waals surface area contributed by atoms with Crippen molar-refractivity contribution in [1.82, 2.24) is 5.32 Å². The second-order valence-corrected chi connectivity index (χ2v) is 7.26. The highest BCUT2D eigenvalue weighted by molar-refractivity contribution is 5.76. The topological polar surface area (TPSA) is 145 Å². The van der Waals surface area contributed by atoms with Crippen LogP contribution in [0.15, 0.2) is 18.2 Å². The zero-order chi connectivity index (χ0) is 25.5. The summed E-state index contributed by atoms with van der Waals surface area (Å²) in [6.07, 6.45) is -2.00. The minimum Gasteiger partial charge on any atom is -0.468 e. The first-order chi connectivity index (χ1) is 16.2. The number of methoxy groups -OCH3 is 3. The summed E-state index contributed by atoms with van der Waals surface area (Å²) in [4.78, 5) is 46.8. The van der Waals surface area contributed by atoms with E-state index in [9.17, 15) is 19.2 Å². The van der Waals surface area contributed by atoms with Gasteiger partial charge in [-0.2, -0.15) is 0 Å². The molecule has 1 aromatic carbocycles. The van der Waals surface area contributed by atoms with Gasteiger partial charge in [0.1, 0.15) is 12.6 Å². The number of nitrogens with one attached hydrogen (secondary N) is 1. The van der Waals surface area contributed by atoms with Crippen LogP contribution in [0.1, 0.15) is 25.8 Å². The molecule has 0 saturated heterocycles. The fraction of sp³-hybridized carbons (Fsp3) is 0.545. The van der Waals surface area contributed by atoms with E-state index in [4.69, 9.17) is 23.7 Å². The molecule has 0 radical (unpaired) electrons. The lowest BCUT2D eigenvalue weighted by Crippen LogP contribution is -2.41. The molecule has 12 nitrogen and oxygen atoms in total. The molecule has 0 fully saturated rings. The molecule has 12 heteroatoms. The number of esters is 1. The lowest BCUT2D eigenvalue weighted by molar-refractivity contribution is -0.143. The van der Waals surface area contributed by atoms with Crippen molar-refractivity contribution in [1.29, 1.82) is 0 Å². The van der Waals surface area contributed by atoms with Crippen molar-refractivity contribution >= 4 is 24.4 Å². The van der Waals surface area contributed by atoms with Gasteiger partial charge in [0.25, 0.3) is 0 Å². The van der Waals surface area contributed by atoms with Crippen LogP contribution in [0.2, 0.25) is 0 Å². The minimum atomic E-state index is -1.04. The first-order valence-corrected chi connectivity index (χ1v) is 10.4. The molecule has 0 spiro atoms. The molecule has 0 saturated carbocycles. The normalized spacial score (nSPS) is 11.2. The van der Waals surface area contributed by atoms with Crippen LogP contribution in [0.5, 0.6) is 11.5 Å². The molecule has 0 unspecified atom stereocenters. The number of benzene rings is 1. The fourth-order valence-electron chi connectivity index (χ4n) is 2.51. The highest BCUT2D eigenvalue weighted by Crippen LogP contribution is 2.30. The predicted octanol–water partition coefficient (Wildman–Crippen LogP) is 2.85. The van der Waals surface area contributed by atoms with Crippen molar-refractivity contribution in [3.8, 4) is 11.5 Å². The summed E-state index contributed by atoms with van der Waals surface area (Å²) in [5.41, 5.74) is 0.535. The Kier molecular flexibility index (Phi) is 12.8. The van der Waals surface area contributed by atoms with Crippen LogP contribution >= 0.6 is 0 Å². The Hall–Kier alpha value is -3.54. The van der Waals surface area contributed by atoms with Gasteiger partial charge in [0.15, 0.2) is 11.5 Å². The first kappa shape index (κ1) is 28.5. The Morgan fingerprint density at radius 1 is 0.824 bits per heavy atom. The average Bonchev–Trinajstić information content (AvgIpc) is 2.81.